The fourth-order valence-corrected chi connectivity index (χ4v) is 3.00. The van der Waals surface area contributed by atoms with Crippen molar-refractivity contribution in [2.45, 2.75) is 0 Å². The molecular weight excluding hydrogens is 616 g/mol. The molecule has 0 saturated heterocycles. The monoisotopic (exact) mass is 658 g/mol. The normalized spacial score (nSPS) is 8.57. The van der Waals surface area contributed by atoms with E-state index in [0.29, 0.717) is 40.2 Å². The van der Waals surface area contributed by atoms with Crippen LogP contribution < -0.4 is 0 Å². The molecule has 0 aromatic heterocycles. The Morgan fingerprint density at radius 3 is 0.265 bits per heavy atom. The number of benzene rings is 7. The highest BCUT2D eigenvalue weighted by molar-refractivity contribution is 5.22. The number of hydrogen-bond donors (Lipinski definition) is 7. The van der Waals surface area contributed by atoms with Crippen LogP contribution in [0.4, 0.5) is 0 Å². The average molecular weight is 659 g/mol. The van der Waals surface area contributed by atoms with Gasteiger partial charge in [-0.05, 0) is 84.9 Å². The molecule has 7 nitrogen and oxygen atoms in total. The summed E-state index contributed by atoms with van der Waals surface area (Å²) in [5, 5.41) is 60.4. The van der Waals surface area contributed by atoms with Crippen LogP contribution in [0.2, 0.25) is 0 Å². The Hall–Kier alpha value is -6.86. The first-order chi connectivity index (χ1) is 23.8. The number of phenolic OH excluding ortho intramolecular Hbond substituents is 7. The molecule has 0 fully saturated rings. The number of hydrogen-bond acceptors (Lipinski definition) is 7. The van der Waals surface area contributed by atoms with Gasteiger partial charge in [-0.3, -0.25) is 0 Å². The summed E-state index contributed by atoms with van der Waals surface area (Å²) in [6.07, 6.45) is 0. The molecule has 252 valence electrons. The summed E-state index contributed by atoms with van der Waals surface area (Å²) < 4.78 is 0. The fraction of sp³-hybridized carbons (Fsp3) is 0. The van der Waals surface area contributed by atoms with Gasteiger partial charge >= 0.3 is 0 Å². The predicted molar refractivity (Wildman–Crippen MR) is 197 cm³/mol. The fourth-order valence-electron chi connectivity index (χ4n) is 3.00. The molecule has 7 heteroatoms. The van der Waals surface area contributed by atoms with Crippen molar-refractivity contribution in [1.29, 1.82) is 0 Å². The molecule has 0 radical (unpaired) electrons. The molecule has 0 bridgehead atoms. The van der Waals surface area contributed by atoms with E-state index >= 15 is 0 Å². The van der Waals surface area contributed by atoms with Gasteiger partial charge in [0, 0.05) is 0 Å². The van der Waals surface area contributed by atoms with Crippen LogP contribution in [-0.2, 0) is 0 Å². The van der Waals surface area contributed by atoms with Gasteiger partial charge in [-0.2, -0.15) is 0 Å². The Balaban J connectivity index is 0.000000286. The molecule has 0 aliphatic carbocycles. The first kappa shape index (κ1) is 40.2. The Kier molecular flexibility index (Phi) is 22.5. The SMILES string of the molecule is Oc1ccccc1.Oc1ccccc1.Oc1ccccc1.Oc1ccccc1.Oc1ccccc1.Oc1ccccc1.Oc1ccccc1. The Morgan fingerprint density at radius 2 is 0.224 bits per heavy atom. The van der Waals surface area contributed by atoms with Gasteiger partial charge in [0.25, 0.3) is 0 Å². The van der Waals surface area contributed by atoms with Crippen LogP contribution in [0, 0.1) is 0 Å². The van der Waals surface area contributed by atoms with Crippen molar-refractivity contribution in [3.63, 3.8) is 0 Å². The van der Waals surface area contributed by atoms with Crippen LogP contribution in [-0.4, -0.2) is 35.7 Å². The van der Waals surface area contributed by atoms with E-state index in [2.05, 4.69) is 0 Å². The second-order valence-corrected chi connectivity index (χ2v) is 9.35. The van der Waals surface area contributed by atoms with Gasteiger partial charge in [0.15, 0.2) is 0 Å². The molecule has 0 amide bonds. The Morgan fingerprint density at radius 1 is 0.143 bits per heavy atom. The molecule has 7 N–H and O–H groups in total. The largest absolute Gasteiger partial charge is 0.508 e. The Bertz CT molecular complexity index is 1310. The maximum absolute atomic E-state index is 8.63. The zero-order valence-corrected chi connectivity index (χ0v) is 26.8. The highest BCUT2D eigenvalue weighted by Crippen LogP contribution is 2.06. The van der Waals surface area contributed by atoms with Crippen molar-refractivity contribution < 1.29 is 35.7 Å². The van der Waals surface area contributed by atoms with E-state index in [-0.39, 0.29) is 0 Å². The van der Waals surface area contributed by atoms with Gasteiger partial charge in [0.2, 0.25) is 0 Å². The number of rotatable bonds is 0. The van der Waals surface area contributed by atoms with Crippen LogP contribution in [0.5, 0.6) is 40.2 Å². The third kappa shape index (κ3) is 26.1. The molecule has 0 unspecified atom stereocenters. The van der Waals surface area contributed by atoms with Crippen LogP contribution in [0.15, 0.2) is 212 Å². The molecule has 7 aromatic carbocycles. The zero-order valence-electron chi connectivity index (χ0n) is 26.8. The number of para-hydroxylation sites is 7. The average Bonchev–Trinajstić information content (AvgIpc) is 3.12. The van der Waals surface area contributed by atoms with Gasteiger partial charge < -0.3 is 35.7 Å². The molecule has 0 heterocycles. The molecule has 49 heavy (non-hydrogen) atoms. The van der Waals surface area contributed by atoms with Crippen molar-refractivity contribution in [1.82, 2.24) is 0 Å². The van der Waals surface area contributed by atoms with Crippen molar-refractivity contribution in [3.8, 4) is 40.2 Å². The first-order valence-electron chi connectivity index (χ1n) is 14.9. The summed E-state index contributed by atoms with van der Waals surface area (Å²) >= 11 is 0. The number of phenols is 7. The third-order valence-corrected chi connectivity index (χ3v) is 5.29. The lowest BCUT2D eigenvalue weighted by Gasteiger charge is -1.82. The van der Waals surface area contributed by atoms with Gasteiger partial charge in [0.1, 0.15) is 40.2 Å². The van der Waals surface area contributed by atoms with E-state index in [1.165, 1.54) is 0 Å². The van der Waals surface area contributed by atoms with Crippen LogP contribution in [0.3, 0.4) is 0 Å². The highest BCUT2D eigenvalue weighted by atomic mass is 16.3. The minimum atomic E-state index is 0.322. The summed E-state index contributed by atoms with van der Waals surface area (Å²) in [4.78, 5) is 0. The van der Waals surface area contributed by atoms with Gasteiger partial charge in [0.05, 0.1) is 0 Å². The molecule has 0 atom stereocenters. The van der Waals surface area contributed by atoms with Crippen LogP contribution >= 0.6 is 0 Å². The molecule has 0 saturated carbocycles. The minimum Gasteiger partial charge on any atom is -0.508 e. The molecular formula is C42H42O7. The summed E-state index contributed by atoms with van der Waals surface area (Å²) in [5.41, 5.74) is 0. The van der Waals surface area contributed by atoms with E-state index in [1.54, 1.807) is 170 Å². The lowest BCUT2D eigenvalue weighted by molar-refractivity contribution is 0.475. The summed E-state index contributed by atoms with van der Waals surface area (Å²) in [6.45, 7) is 0. The minimum absolute atomic E-state index is 0.322. The maximum atomic E-state index is 8.63. The van der Waals surface area contributed by atoms with Crippen LogP contribution in [0.1, 0.15) is 0 Å². The summed E-state index contributed by atoms with van der Waals surface area (Å²) in [5.74, 6) is 2.25. The first-order valence-corrected chi connectivity index (χ1v) is 14.9. The van der Waals surface area contributed by atoms with Crippen molar-refractivity contribution in [2.24, 2.45) is 0 Å². The van der Waals surface area contributed by atoms with Crippen molar-refractivity contribution in [2.75, 3.05) is 0 Å². The third-order valence-electron chi connectivity index (χ3n) is 5.29. The van der Waals surface area contributed by atoms with Crippen LogP contribution in [0.25, 0.3) is 0 Å². The molecule has 0 aliphatic rings. The van der Waals surface area contributed by atoms with E-state index in [1.807, 2.05) is 42.5 Å². The predicted octanol–water partition coefficient (Wildman–Crippen LogP) is 9.75. The highest BCUT2D eigenvalue weighted by Gasteiger charge is 1.78. The smallest absolute Gasteiger partial charge is 0.115 e. The lowest BCUT2D eigenvalue weighted by atomic mass is 10.3. The molecule has 0 aliphatic heterocycles. The Labute approximate surface area is 287 Å². The molecule has 7 rings (SSSR count). The van der Waals surface area contributed by atoms with Gasteiger partial charge in [-0.25, -0.2) is 0 Å². The lowest BCUT2D eigenvalue weighted by Crippen LogP contribution is -1.56. The van der Waals surface area contributed by atoms with Gasteiger partial charge in [-0.1, -0.05) is 127 Å². The van der Waals surface area contributed by atoms with E-state index < -0.39 is 0 Å². The summed E-state index contributed by atoms with van der Waals surface area (Å²) in [6, 6.07) is 61.0. The second kappa shape index (κ2) is 27.5. The standard InChI is InChI=1S/7C6H6O/c7*7-6-4-2-1-3-5-6/h7*1-5,7H. The maximum Gasteiger partial charge on any atom is 0.115 e. The van der Waals surface area contributed by atoms with Gasteiger partial charge in [-0.15, -0.1) is 0 Å². The van der Waals surface area contributed by atoms with Crippen molar-refractivity contribution in [3.05, 3.63) is 212 Å². The van der Waals surface area contributed by atoms with Crippen molar-refractivity contribution >= 4 is 0 Å². The topological polar surface area (TPSA) is 142 Å². The quantitative estimate of drug-likeness (QED) is 0.0860. The molecule has 7 aromatic rings. The number of aromatic hydroxyl groups is 7. The second-order valence-electron chi connectivity index (χ2n) is 9.35. The summed E-state index contributed by atoms with van der Waals surface area (Å²) in [7, 11) is 0. The zero-order chi connectivity index (χ0) is 35.8. The molecule has 0 spiro atoms. The van der Waals surface area contributed by atoms with E-state index in [9.17, 15) is 0 Å². The van der Waals surface area contributed by atoms with E-state index in [4.69, 9.17) is 35.7 Å². The van der Waals surface area contributed by atoms with E-state index in [0.717, 1.165) is 0 Å².